The summed E-state index contributed by atoms with van der Waals surface area (Å²) in [4.78, 5) is 6.73. The maximum absolute atomic E-state index is 13.1. The molecule has 1 unspecified atom stereocenters. The van der Waals surface area contributed by atoms with Crippen LogP contribution in [0.5, 0.6) is 0 Å². The molecule has 0 fully saturated rings. The topological polar surface area (TPSA) is 44.8 Å². The van der Waals surface area contributed by atoms with E-state index >= 15 is 0 Å². The van der Waals surface area contributed by atoms with Crippen LogP contribution in [-0.4, -0.2) is 33.2 Å². The van der Waals surface area contributed by atoms with E-state index in [1.54, 1.807) is 12.1 Å². The maximum Gasteiger partial charge on any atom is 0.123 e. The van der Waals surface area contributed by atoms with Crippen molar-refractivity contribution >= 4 is 0 Å². The average molecular weight is 338 g/mol. The largest absolute Gasteiger partial charge is 0.299 e. The molecule has 130 valence electrons. The van der Waals surface area contributed by atoms with Crippen molar-refractivity contribution in [1.29, 1.82) is 0 Å². The first-order valence-corrected chi connectivity index (χ1v) is 8.43. The molecule has 3 rings (SSSR count). The highest BCUT2D eigenvalue weighted by Crippen LogP contribution is 2.23. The van der Waals surface area contributed by atoms with Crippen molar-refractivity contribution in [2.24, 2.45) is 0 Å². The molecular formula is C20H23FN4. The molecule has 0 aliphatic heterocycles. The molecule has 0 aliphatic carbocycles. The fourth-order valence-electron chi connectivity index (χ4n) is 2.89. The van der Waals surface area contributed by atoms with Crippen LogP contribution in [0.1, 0.15) is 23.7 Å². The van der Waals surface area contributed by atoms with Gasteiger partial charge in [0.25, 0.3) is 0 Å². The van der Waals surface area contributed by atoms with Gasteiger partial charge in [0, 0.05) is 42.0 Å². The van der Waals surface area contributed by atoms with E-state index in [4.69, 9.17) is 0 Å². The van der Waals surface area contributed by atoms with Gasteiger partial charge in [-0.3, -0.25) is 15.0 Å². The normalized spacial score (nSPS) is 12.5. The second-order valence-corrected chi connectivity index (χ2v) is 6.57. The Morgan fingerprint density at radius 1 is 1.20 bits per heavy atom. The van der Waals surface area contributed by atoms with Gasteiger partial charge in [-0.15, -0.1) is 0 Å². The van der Waals surface area contributed by atoms with Crippen LogP contribution in [0.15, 0.2) is 48.8 Å². The minimum Gasteiger partial charge on any atom is -0.299 e. The Morgan fingerprint density at radius 3 is 2.68 bits per heavy atom. The molecule has 1 aromatic carbocycles. The number of likely N-dealkylation sites (N-methyl/N-ethyl adjacent to an activating group) is 1. The second kappa shape index (κ2) is 7.57. The molecule has 0 radical (unpaired) electrons. The van der Waals surface area contributed by atoms with Crippen molar-refractivity contribution < 1.29 is 4.39 Å². The minimum absolute atomic E-state index is 0.235. The summed E-state index contributed by atoms with van der Waals surface area (Å²) in [6, 6.07) is 11.0. The summed E-state index contributed by atoms with van der Waals surface area (Å²) >= 11 is 0. The zero-order chi connectivity index (χ0) is 17.8. The summed E-state index contributed by atoms with van der Waals surface area (Å²) < 4.78 is 13.1. The third-order valence-corrected chi connectivity index (χ3v) is 4.50. The van der Waals surface area contributed by atoms with E-state index < -0.39 is 0 Å². The van der Waals surface area contributed by atoms with E-state index in [0.29, 0.717) is 6.04 Å². The Hall–Kier alpha value is -2.53. The van der Waals surface area contributed by atoms with Crippen LogP contribution in [0.3, 0.4) is 0 Å². The molecule has 3 aromatic rings. The highest BCUT2D eigenvalue weighted by molar-refractivity contribution is 5.62. The van der Waals surface area contributed by atoms with Gasteiger partial charge in [0.05, 0.1) is 11.9 Å². The van der Waals surface area contributed by atoms with Gasteiger partial charge in [-0.05, 0) is 62.9 Å². The fourth-order valence-corrected chi connectivity index (χ4v) is 2.89. The van der Waals surface area contributed by atoms with Gasteiger partial charge in [-0.2, -0.15) is 5.10 Å². The van der Waals surface area contributed by atoms with E-state index in [9.17, 15) is 4.39 Å². The van der Waals surface area contributed by atoms with E-state index in [1.807, 2.05) is 18.5 Å². The molecular weight excluding hydrogens is 315 g/mol. The zero-order valence-electron chi connectivity index (χ0n) is 14.8. The number of hydrogen-bond acceptors (Lipinski definition) is 3. The number of hydrogen-bond donors (Lipinski definition) is 1. The number of nitrogens with one attached hydrogen (secondary N) is 1. The first kappa shape index (κ1) is 17.3. The van der Waals surface area contributed by atoms with E-state index in [1.165, 1.54) is 17.7 Å². The van der Waals surface area contributed by atoms with Crippen molar-refractivity contribution in [3.05, 3.63) is 71.4 Å². The standard InChI is InChI=1S/C20H23FN4/c1-14-8-9-22-19(10-14)11-15(2)25(3)13-17-12-23-24-20(17)16-4-6-18(21)7-5-16/h4-10,12,15H,11,13H2,1-3H3,(H,23,24). The third-order valence-electron chi connectivity index (χ3n) is 4.50. The number of aromatic nitrogens is 3. The predicted molar refractivity (Wildman–Crippen MR) is 97.6 cm³/mol. The Morgan fingerprint density at radius 2 is 1.96 bits per heavy atom. The summed E-state index contributed by atoms with van der Waals surface area (Å²) in [6.07, 6.45) is 4.59. The first-order valence-electron chi connectivity index (χ1n) is 8.43. The molecule has 2 aromatic heterocycles. The summed E-state index contributed by atoms with van der Waals surface area (Å²) in [5, 5.41) is 7.20. The fraction of sp³-hybridized carbons (Fsp3) is 0.300. The molecule has 4 nitrogen and oxygen atoms in total. The SMILES string of the molecule is Cc1ccnc(CC(C)N(C)Cc2cn[nH]c2-c2ccc(F)cc2)c1. The van der Waals surface area contributed by atoms with Crippen molar-refractivity contribution in [2.75, 3.05) is 7.05 Å². The van der Waals surface area contributed by atoms with Gasteiger partial charge >= 0.3 is 0 Å². The maximum atomic E-state index is 13.1. The lowest BCUT2D eigenvalue weighted by Crippen LogP contribution is -2.30. The lowest BCUT2D eigenvalue weighted by atomic mass is 10.1. The number of aromatic amines is 1. The molecule has 0 saturated carbocycles. The van der Waals surface area contributed by atoms with Crippen LogP contribution in [-0.2, 0) is 13.0 Å². The molecule has 1 atom stereocenters. The Balaban J connectivity index is 1.70. The number of benzene rings is 1. The van der Waals surface area contributed by atoms with Gasteiger partial charge in [-0.25, -0.2) is 4.39 Å². The minimum atomic E-state index is -0.235. The number of aryl methyl sites for hydroxylation is 1. The highest BCUT2D eigenvalue weighted by Gasteiger charge is 2.15. The Labute approximate surface area is 147 Å². The lowest BCUT2D eigenvalue weighted by molar-refractivity contribution is 0.247. The van der Waals surface area contributed by atoms with Crippen molar-refractivity contribution in [3.63, 3.8) is 0 Å². The van der Waals surface area contributed by atoms with Crippen LogP contribution in [0.2, 0.25) is 0 Å². The predicted octanol–water partition coefficient (Wildman–Crippen LogP) is 3.98. The summed E-state index contributed by atoms with van der Waals surface area (Å²) in [5.74, 6) is -0.235. The van der Waals surface area contributed by atoms with Gasteiger partial charge in [0.15, 0.2) is 0 Å². The highest BCUT2D eigenvalue weighted by atomic mass is 19.1. The number of H-pyrrole nitrogens is 1. The zero-order valence-corrected chi connectivity index (χ0v) is 14.8. The van der Waals surface area contributed by atoms with Gasteiger partial charge in [0.2, 0.25) is 0 Å². The van der Waals surface area contributed by atoms with Crippen molar-refractivity contribution in [2.45, 2.75) is 32.9 Å². The molecule has 0 spiro atoms. The quantitative estimate of drug-likeness (QED) is 0.739. The van der Waals surface area contributed by atoms with Gasteiger partial charge in [0.1, 0.15) is 5.82 Å². The van der Waals surface area contributed by atoms with E-state index in [2.05, 4.69) is 47.0 Å². The molecule has 2 heterocycles. The van der Waals surface area contributed by atoms with Crippen LogP contribution in [0, 0.1) is 12.7 Å². The van der Waals surface area contributed by atoms with E-state index in [0.717, 1.165) is 35.5 Å². The number of halogens is 1. The first-order chi connectivity index (χ1) is 12.0. The van der Waals surface area contributed by atoms with E-state index in [-0.39, 0.29) is 5.82 Å². The lowest BCUT2D eigenvalue weighted by Gasteiger charge is -2.24. The molecule has 0 bridgehead atoms. The van der Waals surface area contributed by atoms with Crippen LogP contribution < -0.4 is 0 Å². The molecule has 5 heteroatoms. The van der Waals surface area contributed by atoms with Gasteiger partial charge in [-0.1, -0.05) is 0 Å². The molecule has 0 aliphatic rings. The van der Waals surface area contributed by atoms with Crippen LogP contribution in [0.4, 0.5) is 4.39 Å². The van der Waals surface area contributed by atoms with Crippen molar-refractivity contribution in [3.8, 4) is 11.3 Å². The number of rotatable bonds is 6. The average Bonchev–Trinajstić information content (AvgIpc) is 3.03. The molecule has 0 amide bonds. The van der Waals surface area contributed by atoms with Crippen molar-refractivity contribution in [1.82, 2.24) is 20.1 Å². The smallest absolute Gasteiger partial charge is 0.123 e. The molecule has 1 N–H and O–H groups in total. The Kier molecular flexibility index (Phi) is 5.24. The second-order valence-electron chi connectivity index (χ2n) is 6.57. The summed E-state index contributed by atoms with van der Waals surface area (Å²) in [5.41, 5.74) is 5.31. The van der Waals surface area contributed by atoms with Gasteiger partial charge < -0.3 is 0 Å². The summed E-state index contributed by atoms with van der Waals surface area (Å²) in [7, 11) is 2.10. The Bertz CT molecular complexity index is 826. The van der Waals surface area contributed by atoms with Crippen LogP contribution >= 0.6 is 0 Å². The van der Waals surface area contributed by atoms with Crippen LogP contribution in [0.25, 0.3) is 11.3 Å². The third kappa shape index (κ3) is 4.31. The monoisotopic (exact) mass is 338 g/mol. The molecule has 25 heavy (non-hydrogen) atoms. The number of pyridine rings is 1. The molecule has 0 saturated heterocycles. The number of nitrogens with zero attached hydrogens (tertiary/aromatic N) is 3. The summed E-state index contributed by atoms with van der Waals surface area (Å²) in [6.45, 7) is 5.04.